The average molecular weight is 505 g/mol. The van der Waals surface area contributed by atoms with Gasteiger partial charge < -0.3 is 9.47 Å². The van der Waals surface area contributed by atoms with Gasteiger partial charge in [0.15, 0.2) is 5.52 Å². The van der Waals surface area contributed by atoms with Crippen LogP contribution in [0.25, 0.3) is 11.0 Å². The zero-order valence-electron chi connectivity index (χ0n) is 19.9. The van der Waals surface area contributed by atoms with Gasteiger partial charge in [-0.1, -0.05) is 11.6 Å². The Bertz CT molecular complexity index is 1390. The van der Waals surface area contributed by atoms with Crippen molar-refractivity contribution in [1.82, 2.24) is 14.1 Å². The standard InChI is InChI=1S/C23H25ClN4O7/c1-23(2,3)35-19(30)13-27-21(31)20-16(7-6-10-25-20)26(22(27)32)12-18(29)28(34-5)14-8-9-17(33-4)15(24)11-14/h6-11H,12-13H2,1-5H3. The number of rotatable bonds is 7. The van der Waals surface area contributed by atoms with Crippen LogP contribution in [0.1, 0.15) is 20.8 Å². The van der Waals surface area contributed by atoms with Crippen LogP contribution >= 0.6 is 11.6 Å². The lowest BCUT2D eigenvalue weighted by Gasteiger charge is -2.22. The summed E-state index contributed by atoms with van der Waals surface area (Å²) in [4.78, 5) is 61.0. The number of hydrogen-bond donors (Lipinski definition) is 0. The van der Waals surface area contributed by atoms with Crippen LogP contribution in [0.5, 0.6) is 5.75 Å². The third kappa shape index (κ3) is 5.69. The number of carbonyl (C=O) groups excluding carboxylic acids is 2. The molecule has 3 rings (SSSR count). The molecule has 2 heterocycles. The number of halogens is 1. The minimum Gasteiger partial charge on any atom is -0.495 e. The lowest BCUT2D eigenvalue weighted by atomic mass is 10.2. The molecular weight excluding hydrogens is 480 g/mol. The number of methoxy groups -OCH3 is 1. The van der Waals surface area contributed by atoms with Crippen LogP contribution in [0.4, 0.5) is 5.69 Å². The van der Waals surface area contributed by atoms with Crippen molar-refractivity contribution in [2.24, 2.45) is 0 Å². The molecule has 0 fully saturated rings. The molecule has 2 aromatic heterocycles. The number of nitrogens with zero attached hydrogens (tertiary/aromatic N) is 4. The number of esters is 1. The van der Waals surface area contributed by atoms with Crippen LogP contribution in [0.15, 0.2) is 46.1 Å². The van der Waals surface area contributed by atoms with E-state index in [2.05, 4.69) is 4.98 Å². The highest BCUT2D eigenvalue weighted by atomic mass is 35.5. The van der Waals surface area contributed by atoms with Crippen LogP contribution in [0.3, 0.4) is 0 Å². The highest BCUT2D eigenvalue weighted by molar-refractivity contribution is 6.32. The normalized spacial score (nSPS) is 11.4. The largest absolute Gasteiger partial charge is 0.495 e. The summed E-state index contributed by atoms with van der Waals surface area (Å²) in [6.45, 7) is 3.83. The molecule has 0 aliphatic carbocycles. The van der Waals surface area contributed by atoms with Crippen molar-refractivity contribution < 1.29 is 23.9 Å². The van der Waals surface area contributed by atoms with E-state index in [1.54, 1.807) is 32.9 Å². The maximum atomic E-state index is 13.3. The van der Waals surface area contributed by atoms with E-state index in [4.69, 9.17) is 25.9 Å². The van der Waals surface area contributed by atoms with Crippen molar-refractivity contribution in [2.75, 3.05) is 19.3 Å². The van der Waals surface area contributed by atoms with Gasteiger partial charge in [-0.2, -0.15) is 5.06 Å². The molecule has 0 atom stereocenters. The fourth-order valence-corrected chi connectivity index (χ4v) is 3.62. The summed E-state index contributed by atoms with van der Waals surface area (Å²) in [5, 5.41) is 1.20. The van der Waals surface area contributed by atoms with Gasteiger partial charge in [0.1, 0.15) is 24.4 Å². The van der Waals surface area contributed by atoms with Crippen molar-refractivity contribution in [3.63, 3.8) is 0 Å². The smallest absolute Gasteiger partial charge is 0.332 e. The predicted octanol–water partition coefficient (Wildman–Crippen LogP) is 2.16. The molecule has 0 spiro atoms. The summed E-state index contributed by atoms with van der Waals surface area (Å²) in [5.41, 5.74) is -2.13. The van der Waals surface area contributed by atoms with Gasteiger partial charge in [-0.25, -0.2) is 14.3 Å². The Hall–Kier alpha value is -3.70. The van der Waals surface area contributed by atoms with Crippen LogP contribution in [0.2, 0.25) is 5.02 Å². The van der Waals surface area contributed by atoms with E-state index in [1.807, 2.05) is 0 Å². The first-order valence-electron chi connectivity index (χ1n) is 10.5. The number of fused-ring (bicyclic) bond motifs is 1. The molecule has 3 aromatic rings. The molecule has 12 heteroatoms. The van der Waals surface area contributed by atoms with Gasteiger partial charge in [0.25, 0.3) is 11.5 Å². The van der Waals surface area contributed by atoms with Crippen LogP contribution in [-0.2, 0) is 32.3 Å². The van der Waals surface area contributed by atoms with Gasteiger partial charge in [-0.05, 0) is 51.1 Å². The van der Waals surface area contributed by atoms with E-state index in [1.165, 1.54) is 38.6 Å². The SMILES string of the molecule is COc1ccc(N(OC)C(=O)Cn2c(=O)n(CC(=O)OC(C)(C)C)c(=O)c3ncccc32)cc1Cl. The fraction of sp³-hybridized carbons (Fsp3) is 0.348. The Labute approximate surface area is 205 Å². The molecule has 0 N–H and O–H groups in total. The number of aromatic nitrogens is 3. The summed E-state index contributed by atoms with van der Waals surface area (Å²) < 4.78 is 12.1. The quantitative estimate of drug-likeness (QED) is 0.354. The third-order valence-electron chi connectivity index (χ3n) is 4.77. The Morgan fingerprint density at radius 3 is 2.40 bits per heavy atom. The second kappa shape index (κ2) is 10.3. The van der Waals surface area contributed by atoms with Crippen molar-refractivity contribution in [1.29, 1.82) is 0 Å². The Balaban J connectivity index is 2.05. The van der Waals surface area contributed by atoms with E-state index in [0.29, 0.717) is 16.0 Å². The van der Waals surface area contributed by atoms with E-state index < -0.39 is 41.8 Å². The number of pyridine rings is 1. The highest BCUT2D eigenvalue weighted by Gasteiger charge is 2.24. The second-order valence-electron chi connectivity index (χ2n) is 8.41. The first kappa shape index (κ1) is 25.9. The van der Waals surface area contributed by atoms with Gasteiger partial charge in [0.05, 0.1) is 30.4 Å². The topological polar surface area (TPSA) is 122 Å². The number of benzene rings is 1. The Morgan fingerprint density at radius 1 is 1.09 bits per heavy atom. The predicted molar refractivity (Wildman–Crippen MR) is 129 cm³/mol. The molecule has 0 saturated heterocycles. The molecular formula is C23H25ClN4O7. The summed E-state index contributed by atoms with van der Waals surface area (Å²) in [6, 6.07) is 7.59. The molecule has 0 aliphatic heterocycles. The zero-order valence-corrected chi connectivity index (χ0v) is 20.7. The van der Waals surface area contributed by atoms with E-state index in [-0.39, 0.29) is 16.1 Å². The lowest BCUT2D eigenvalue weighted by Crippen LogP contribution is -2.45. The maximum Gasteiger partial charge on any atom is 0.332 e. The maximum absolute atomic E-state index is 13.3. The van der Waals surface area contributed by atoms with E-state index in [0.717, 1.165) is 9.63 Å². The summed E-state index contributed by atoms with van der Waals surface area (Å²) in [7, 11) is 2.74. The minimum absolute atomic E-state index is 0.0834. The molecule has 1 aromatic carbocycles. The molecule has 35 heavy (non-hydrogen) atoms. The third-order valence-corrected chi connectivity index (χ3v) is 5.06. The molecule has 0 saturated carbocycles. The van der Waals surface area contributed by atoms with Crippen molar-refractivity contribution >= 4 is 40.2 Å². The average Bonchev–Trinajstić information content (AvgIpc) is 2.79. The lowest BCUT2D eigenvalue weighted by molar-refractivity contribution is -0.155. The Morgan fingerprint density at radius 2 is 1.80 bits per heavy atom. The molecule has 0 bridgehead atoms. The molecule has 11 nitrogen and oxygen atoms in total. The molecule has 0 radical (unpaired) electrons. The number of hydrogen-bond acceptors (Lipinski definition) is 8. The Kier molecular flexibility index (Phi) is 7.61. The first-order chi connectivity index (χ1) is 16.5. The van der Waals surface area contributed by atoms with Crippen molar-refractivity contribution in [2.45, 2.75) is 39.5 Å². The number of amides is 1. The van der Waals surface area contributed by atoms with Gasteiger partial charge in [-0.3, -0.25) is 23.8 Å². The summed E-state index contributed by atoms with van der Waals surface area (Å²) in [5.74, 6) is -1.03. The summed E-state index contributed by atoms with van der Waals surface area (Å²) in [6.07, 6.45) is 1.37. The van der Waals surface area contributed by atoms with Crippen LogP contribution in [0, 0.1) is 0 Å². The van der Waals surface area contributed by atoms with Crippen molar-refractivity contribution in [3.05, 3.63) is 62.4 Å². The fourth-order valence-electron chi connectivity index (χ4n) is 3.37. The zero-order chi connectivity index (χ0) is 25.9. The monoisotopic (exact) mass is 504 g/mol. The molecule has 1 amide bonds. The van der Waals surface area contributed by atoms with Crippen LogP contribution in [-0.4, -0.2) is 45.8 Å². The van der Waals surface area contributed by atoms with E-state index in [9.17, 15) is 19.2 Å². The van der Waals surface area contributed by atoms with Crippen molar-refractivity contribution in [3.8, 4) is 5.75 Å². The highest BCUT2D eigenvalue weighted by Crippen LogP contribution is 2.29. The number of carbonyl (C=O) groups is 2. The van der Waals surface area contributed by atoms with E-state index >= 15 is 0 Å². The molecule has 0 unspecified atom stereocenters. The van der Waals surface area contributed by atoms with Gasteiger partial charge in [0, 0.05) is 6.20 Å². The number of ether oxygens (including phenoxy) is 2. The first-order valence-corrected chi connectivity index (χ1v) is 10.9. The molecule has 186 valence electrons. The summed E-state index contributed by atoms with van der Waals surface area (Å²) >= 11 is 6.17. The molecule has 0 aliphatic rings. The van der Waals surface area contributed by atoms with Gasteiger partial charge in [0.2, 0.25) is 0 Å². The number of hydroxylamine groups is 1. The second-order valence-corrected chi connectivity index (χ2v) is 8.81. The van der Waals surface area contributed by atoms with Gasteiger partial charge >= 0.3 is 11.7 Å². The van der Waals surface area contributed by atoms with Crippen LogP contribution < -0.4 is 21.0 Å². The number of anilines is 1. The van der Waals surface area contributed by atoms with Gasteiger partial charge in [-0.15, -0.1) is 0 Å². The minimum atomic E-state index is -0.876.